The molecule has 0 amide bonds. The number of hydrogen-bond acceptors (Lipinski definition) is 1. The zero-order valence-electron chi connectivity index (χ0n) is 10.6. The van der Waals surface area contributed by atoms with Gasteiger partial charge in [0, 0.05) is 12.0 Å². The van der Waals surface area contributed by atoms with Crippen molar-refractivity contribution in [3.8, 4) is 0 Å². The molecule has 2 nitrogen and oxygen atoms in total. The lowest BCUT2D eigenvalue weighted by molar-refractivity contribution is 0.545. The maximum atomic E-state index is 4.77. The third kappa shape index (κ3) is 1.73. The molecule has 1 aromatic carbocycles. The predicted octanol–water partition coefficient (Wildman–Crippen LogP) is 4.13. The van der Waals surface area contributed by atoms with Gasteiger partial charge in [-0.2, -0.15) is 0 Å². The Balaban J connectivity index is 2.68. The second kappa shape index (κ2) is 4.28. The summed E-state index contributed by atoms with van der Waals surface area (Å²) in [6.45, 7) is 8.91. The van der Waals surface area contributed by atoms with E-state index in [2.05, 4.69) is 56.5 Å². The first-order valence-electron chi connectivity index (χ1n) is 6.12. The average Bonchev–Trinajstić information content (AvgIpc) is 2.67. The fraction of sp³-hybridized carbons (Fsp3) is 0.500. The molecule has 0 aliphatic rings. The maximum absolute atomic E-state index is 4.77. The molecule has 2 aromatic rings. The van der Waals surface area contributed by atoms with E-state index < -0.39 is 0 Å². The molecule has 0 saturated carbocycles. The summed E-state index contributed by atoms with van der Waals surface area (Å²) in [6, 6.07) is 8.87. The molecule has 0 spiro atoms. The number of fused-ring (bicyclic) bond motifs is 1. The van der Waals surface area contributed by atoms with Gasteiger partial charge in [-0.05, 0) is 32.4 Å². The van der Waals surface area contributed by atoms with E-state index in [1.54, 1.807) is 0 Å². The van der Waals surface area contributed by atoms with E-state index in [1.165, 1.54) is 11.3 Å². The summed E-state index contributed by atoms with van der Waals surface area (Å²) < 4.78 is 2.36. The highest BCUT2D eigenvalue weighted by molar-refractivity contribution is 5.76. The normalized spacial score (nSPS) is 13.6. The molecule has 1 heterocycles. The Kier molecular flexibility index (Phi) is 2.99. The van der Waals surface area contributed by atoms with Gasteiger partial charge < -0.3 is 4.57 Å². The van der Waals surface area contributed by atoms with Crippen LogP contribution in [0.4, 0.5) is 0 Å². The van der Waals surface area contributed by atoms with Crippen LogP contribution in [-0.4, -0.2) is 9.55 Å². The largest absolute Gasteiger partial charge is 0.325 e. The van der Waals surface area contributed by atoms with Gasteiger partial charge in [0.25, 0.3) is 0 Å². The molecular formula is C14H20N2. The molecule has 1 aromatic heterocycles. The molecule has 86 valence electrons. The Morgan fingerprint density at radius 1 is 1.19 bits per heavy atom. The van der Waals surface area contributed by atoms with Crippen LogP contribution in [0, 0.1) is 0 Å². The van der Waals surface area contributed by atoms with E-state index in [1.807, 2.05) is 0 Å². The van der Waals surface area contributed by atoms with Gasteiger partial charge in [0.15, 0.2) is 0 Å². The lowest BCUT2D eigenvalue weighted by Gasteiger charge is -2.16. The zero-order valence-corrected chi connectivity index (χ0v) is 10.6. The monoisotopic (exact) mass is 216 g/mol. The standard InChI is InChI=1S/C14H20N2/c1-5-11(4)14-15-12-8-6-7-9-13(12)16(14)10(2)3/h6-11H,5H2,1-4H3/t11-/m1/s1. The minimum Gasteiger partial charge on any atom is -0.325 e. The molecule has 0 aliphatic carbocycles. The lowest BCUT2D eigenvalue weighted by atomic mass is 10.1. The van der Waals surface area contributed by atoms with Crippen LogP contribution in [-0.2, 0) is 0 Å². The van der Waals surface area contributed by atoms with Gasteiger partial charge in [0.05, 0.1) is 11.0 Å². The first kappa shape index (κ1) is 11.2. The van der Waals surface area contributed by atoms with Crippen LogP contribution in [0.5, 0.6) is 0 Å². The van der Waals surface area contributed by atoms with Crippen molar-refractivity contribution in [1.82, 2.24) is 9.55 Å². The van der Waals surface area contributed by atoms with Crippen LogP contribution in [0.15, 0.2) is 24.3 Å². The Bertz CT molecular complexity index is 482. The van der Waals surface area contributed by atoms with Crippen molar-refractivity contribution in [2.75, 3.05) is 0 Å². The molecule has 0 N–H and O–H groups in total. The van der Waals surface area contributed by atoms with Crippen LogP contribution in [0.3, 0.4) is 0 Å². The third-order valence-corrected chi connectivity index (χ3v) is 3.19. The van der Waals surface area contributed by atoms with E-state index in [0.717, 1.165) is 11.9 Å². The van der Waals surface area contributed by atoms with E-state index in [4.69, 9.17) is 4.98 Å². The van der Waals surface area contributed by atoms with Crippen LogP contribution in [0.25, 0.3) is 11.0 Å². The van der Waals surface area contributed by atoms with Crippen LogP contribution >= 0.6 is 0 Å². The number of aromatic nitrogens is 2. The summed E-state index contributed by atoms with van der Waals surface area (Å²) in [4.78, 5) is 4.77. The smallest absolute Gasteiger partial charge is 0.112 e. The summed E-state index contributed by atoms with van der Waals surface area (Å²) in [5, 5.41) is 0. The summed E-state index contributed by atoms with van der Waals surface area (Å²) >= 11 is 0. The molecule has 16 heavy (non-hydrogen) atoms. The number of imidazole rings is 1. The van der Waals surface area contributed by atoms with Crippen LogP contribution < -0.4 is 0 Å². The molecule has 2 rings (SSSR count). The van der Waals surface area contributed by atoms with Crippen molar-refractivity contribution in [2.24, 2.45) is 0 Å². The Morgan fingerprint density at radius 3 is 2.50 bits per heavy atom. The molecule has 0 fully saturated rings. The highest BCUT2D eigenvalue weighted by Gasteiger charge is 2.16. The highest BCUT2D eigenvalue weighted by Crippen LogP contribution is 2.27. The summed E-state index contributed by atoms with van der Waals surface area (Å²) in [6.07, 6.45) is 1.13. The maximum Gasteiger partial charge on any atom is 0.112 e. The first-order chi connectivity index (χ1) is 7.65. The molecule has 0 bridgehead atoms. The van der Waals surface area contributed by atoms with Crippen molar-refractivity contribution in [1.29, 1.82) is 0 Å². The summed E-state index contributed by atoms with van der Waals surface area (Å²) in [7, 11) is 0. The molecule has 1 atom stereocenters. The highest BCUT2D eigenvalue weighted by atomic mass is 15.1. The Morgan fingerprint density at radius 2 is 1.88 bits per heavy atom. The zero-order chi connectivity index (χ0) is 11.7. The number of para-hydroxylation sites is 2. The summed E-state index contributed by atoms with van der Waals surface area (Å²) in [5.74, 6) is 1.74. The lowest BCUT2D eigenvalue weighted by Crippen LogP contribution is -2.08. The third-order valence-electron chi connectivity index (χ3n) is 3.19. The number of rotatable bonds is 3. The fourth-order valence-electron chi connectivity index (χ4n) is 2.14. The van der Waals surface area contributed by atoms with Crippen molar-refractivity contribution in [3.63, 3.8) is 0 Å². The molecule has 0 unspecified atom stereocenters. The average molecular weight is 216 g/mol. The fourth-order valence-corrected chi connectivity index (χ4v) is 2.14. The van der Waals surface area contributed by atoms with Gasteiger partial charge in [-0.3, -0.25) is 0 Å². The number of benzene rings is 1. The van der Waals surface area contributed by atoms with Crippen LogP contribution in [0.1, 0.15) is 51.9 Å². The first-order valence-corrected chi connectivity index (χ1v) is 6.12. The molecule has 0 radical (unpaired) electrons. The topological polar surface area (TPSA) is 17.8 Å². The van der Waals surface area contributed by atoms with E-state index >= 15 is 0 Å². The summed E-state index contributed by atoms with van der Waals surface area (Å²) in [5.41, 5.74) is 2.37. The molecule has 0 aliphatic heterocycles. The second-order valence-corrected chi connectivity index (χ2v) is 4.73. The molecule has 0 saturated heterocycles. The van der Waals surface area contributed by atoms with E-state index in [9.17, 15) is 0 Å². The van der Waals surface area contributed by atoms with Crippen LogP contribution in [0.2, 0.25) is 0 Å². The molecular weight excluding hydrogens is 196 g/mol. The minimum atomic E-state index is 0.469. The van der Waals surface area contributed by atoms with Crippen molar-refractivity contribution < 1.29 is 0 Å². The van der Waals surface area contributed by atoms with Crippen molar-refractivity contribution >= 4 is 11.0 Å². The van der Waals surface area contributed by atoms with Gasteiger partial charge in [-0.1, -0.05) is 26.0 Å². The predicted molar refractivity (Wildman–Crippen MR) is 68.8 cm³/mol. The Hall–Kier alpha value is -1.31. The quantitative estimate of drug-likeness (QED) is 0.754. The minimum absolute atomic E-state index is 0.469. The van der Waals surface area contributed by atoms with Gasteiger partial charge >= 0.3 is 0 Å². The molecule has 2 heteroatoms. The number of nitrogens with zero attached hydrogens (tertiary/aromatic N) is 2. The van der Waals surface area contributed by atoms with Gasteiger partial charge in [-0.15, -0.1) is 0 Å². The van der Waals surface area contributed by atoms with Gasteiger partial charge in [-0.25, -0.2) is 4.98 Å². The van der Waals surface area contributed by atoms with E-state index in [-0.39, 0.29) is 0 Å². The van der Waals surface area contributed by atoms with Crippen molar-refractivity contribution in [3.05, 3.63) is 30.1 Å². The van der Waals surface area contributed by atoms with Gasteiger partial charge in [0.1, 0.15) is 5.82 Å². The number of hydrogen-bond donors (Lipinski definition) is 0. The Labute approximate surface area is 97.3 Å². The second-order valence-electron chi connectivity index (χ2n) is 4.73. The van der Waals surface area contributed by atoms with E-state index in [0.29, 0.717) is 12.0 Å². The van der Waals surface area contributed by atoms with Crippen molar-refractivity contribution in [2.45, 2.75) is 46.1 Å². The van der Waals surface area contributed by atoms with Gasteiger partial charge in [0.2, 0.25) is 0 Å². The SMILES string of the molecule is CC[C@@H](C)c1nc2ccccc2n1C(C)C.